The van der Waals surface area contributed by atoms with Crippen LogP contribution in [0.1, 0.15) is 54.9 Å². The minimum atomic E-state index is -0.459. The Balaban J connectivity index is 1.69. The van der Waals surface area contributed by atoms with Gasteiger partial charge >= 0.3 is 0 Å². The molecule has 0 saturated heterocycles. The van der Waals surface area contributed by atoms with E-state index in [-0.39, 0.29) is 6.61 Å². The van der Waals surface area contributed by atoms with Crippen molar-refractivity contribution in [3.05, 3.63) is 58.1 Å². The summed E-state index contributed by atoms with van der Waals surface area (Å²) < 4.78 is 11.9. The second-order valence-corrected chi connectivity index (χ2v) is 7.87. The van der Waals surface area contributed by atoms with Gasteiger partial charge in [-0.3, -0.25) is 20.4 Å². The molecule has 0 radical (unpaired) electrons. The van der Waals surface area contributed by atoms with Crippen LogP contribution in [0, 0.1) is 6.92 Å². The Morgan fingerprint density at radius 1 is 0.933 bits per heavy atom. The predicted octanol–water partition coefficient (Wildman–Crippen LogP) is 4.95. The molecule has 2 rings (SSSR count). The van der Waals surface area contributed by atoms with Crippen molar-refractivity contribution in [1.29, 1.82) is 0 Å². The van der Waals surface area contributed by atoms with E-state index in [0.29, 0.717) is 17.9 Å². The van der Waals surface area contributed by atoms with Crippen LogP contribution in [0.2, 0.25) is 0 Å². The fourth-order valence-electron chi connectivity index (χ4n) is 2.70. The van der Waals surface area contributed by atoms with Gasteiger partial charge in [-0.2, -0.15) is 0 Å². The number of halogens is 1. The van der Waals surface area contributed by atoms with Gasteiger partial charge < -0.3 is 9.47 Å². The van der Waals surface area contributed by atoms with Gasteiger partial charge in [0.15, 0.2) is 6.61 Å². The predicted molar refractivity (Wildman–Crippen MR) is 121 cm³/mol. The Labute approximate surface area is 186 Å². The van der Waals surface area contributed by atoms with Gasteiger partial charge in [0.1, 0.15) is 11.5 Å². The van der Waals surface area contributed by atoms with Crippen LogP contribution in [0.15, 0.2) is 46.9 Å². The van der Waals surface area contributed by atoms with E-state index in [2.05, 4.69) is 33.7 Å². The molecule has 2 aromatic carbocycles. The molecular weight excluding hydrogens is 448 g/mol. The van der Waals surface area contributed by atoms with E-state index in [4.69, 9.17) is 9.47 Å². The second kappa shape index (κ2) is 12.9. The van der Waals surface area contributed by atoms with Crippen molar-refractivity contribution >= 4 is 27.7 Å². The van der Waals surface area contributed by atoms with E-state index in [1.54, 1.807) is 30.3 Å². The first-order valence-corrected chi connectivity index (χ1v) is 11.0. The third-order valence-corrected chi connectivity index (χ3v) is 5.01. The van der Waals surface area contributed by atoms with Crippen LogP contribution in [0.5, 0.6) is 11.5 Å². The summed E-state index contributed by atoms with van der Waals surface area (Å²) in [7, 11) is 0. The van der Waals surface area contributed by atoms with E-state index in [0.717, 1.165) is 22.2 Å². The molecule has 30 heavy (non-hydrogen) atoms. The molecule has 0 aliphatic heterocycles. The first-order valence-electron chi connectivity index (χ1n) is 10.2. The third kappa shape index (κ3) is 8.45. The molecular formula is C23H29BrN2O4. The monoisotopic (exact) mass is 476 g/mol. The Hall–Kier alpha value is -2.54. The van der Waals surface area contributed by atoms with E-state index >= 15 is 0 Å². The van der Waals surface area contributed by atoms with Crippen molar-refractivity contribution in [2.75, 3.05) is 13.2 Å². The molecule has 6 nitrogen and oxygen atoms in total. The van der Waals surface area contributed by atoms with Crippen molar-refractivity contribution in [2.24, 2.45) is 0 Å². The van der Waals surface area contributed by atoms with Gasteiger partial charge in [0.2, 0.25) is 0 Å². The van der Waals surface area contributed by atoms with Crippen molar-refractivity contribution in [1.82, 2.24) is 10.9 Å². The van der Waals surface area contributed by atoms with Gasteiger partial charge in [0.25, 0.3) is 11.8 Å². The number of hydrogen-bond acceptors (Lipinski definition) is 4. The molecule has 0 saturated carbocycles. The second-order valence-electron chi connectivity index (χ2n) is 7.01. The maximum absolute atomic E-state index is 12.2. The molecule has 0 bridgehead atoms. The van der Waals surface area contributed by atoms with Gasteiger partial charge in [-0.05, 0) is 71.2 Å². The lowest BCUT2D eigenvalue weighted by Gasteiger charge is -2.11. The summed E-state index contributed by atoms with van der Waals surface area (Å²) in [6.07, 6.45) is 5.91. The van der Waals surface area contributed by atoms with Crippen LogP contribution in [0.3, 0.4) is 0 Å². The van der Waals surface area contributed by atoms with Crippen LogP contribution < -0.4 is 20.3 Å². The zero-order valence-electron chi connectivity index (χ0n) is 17.5. The summed E-state index contributed by atoms with van der Waals surface area (Å²) in [5, 5.41) is 0. The lowest BCUT2D eigenvalue weighted by Crippen LogP contribution is -2.43. The van der Waals surface area contributed by atoms with E-state index in [9.17, 15) is 9.59 Å². The van der Waals surface area contributed by atoms with Gasteiger partial charge in [0, 0.05) is 5.56 Å². The standard InChI is InChI=1S/C23H29BrN2O4/c1-3-4-5-6-7-14-29-19-11-9-18(10-12-19)23(28)26-25-22(27)16-30-21-13-8-17(2)15-20(21)24/h8-13,15H,3-7,14,16H2,1-2H3,(H,25,27)(H,26,28). The van der Waals surface area contributed by atoms with Crippen LogP contribution in [0.4, 0.5) is 0 Å². The van der Waals surface area contributed by atoms with Crippen LogP contribution >= 0.6 is 15.9 Å². The minimum absolute atomic E-state index is 0.215. The quantitative estimate of drug-likeness (QED) is 0.355. The largest absolute Gasteiger partial charge is 0.494 e. The normalized spacial score (nSPS) is 10.4. The van der Waals surface area contributed by atoms with Crippen LogP contribution in [0.25, 0.3) is 0 Å². The zero-order valence-corrected chi connectivity index (χ0v) is 19.1. The van der Waals surface area contributed by atoms with E-state index in [1.165, 1.54) is 25.7 Å². The average Bonchev–Trinajstić information content (AvgIpc) is 2.74. The summed E-state index contributed by atoms with van der Waals surface area (Å²) >= 11 is 3.39. The third-order valence-electron chi connectivity index (χ3n) is 4.39. The van der Waals surface area contributed by atoms with Gasteiger partial charge in [0.05, 0.1) is 11.1 Å². The first kappa shape index (κ1) is 23.7. The zero-order chi connectivity index (χ0) is 21.8. The summed E-state index contributed by atoms with van der Waals surface area (Å²) in [6, 6.07) is 12.4. The smallest absolute Gasteiger partial charge is 0.276 e. The van der Waals surface area contributed by atoms with Crippen molar-refractivity contribution in [2.45, 2.75) is 46.0 Å². The highest BCUT2D eigenvalue weighted by molar-refractivity contribution is 9.10. The van der Waals surface area contributed by atoms with Gasteiger partial charge in [-0.25, -0.2) is 0 Å². The Kier molecular flexibility index (Phi) is 10.2. The van der Waals surface area contributed by atoms with Crippen molar-refractivity contribution in [3.8, 4) is 11.5 Å². The minimum Gasteiger partial charge on any atom is -0.494 e. The number of ether oxygens (including phenoxy) is 2. The number of carbonyl (C=O) groups is 2. The number of unbranched alkanes of at least 4 members (excludes halogenated alkanes) is 4. The number of aryl methyl sites for hydroxylation is 1. The Bertz CT molecular complexity index is 824. The number of hydrogen-bond donors (Lipinski definition) is 2. The lowest BCUT2D eigenvalue weighted by molar-refractivity contribution is -0.123. The van der Waals surface area contributed by atoms with Crippen molar-refractivity contribution < 1.29 is 19.1 Å². The fourth-order valence-corrected chi connectivity index (χ4v) is 3.31. The first-order chi connectivity index (χ1) is 14.5. The summed E-state index contributed by atoms with van der Waals surface area (Å²) in [5.41, 5.74) is 6.23. The average molecular weight is 477 g/mol. The molecule has 0 aliphatic carbocycles. The van der Waals surface area contributed by atoms with E-state index < -0.39 is 11.8 Å². The Morgan fingerprint density at radius 3 is 2.37 bits per heavy atom. The molecule has 2 amide bonds. The number of amides is 2. The molecule has 0 atom stereocenters. The molecule has 0 spiro atoms. The molecule has 0 fully saturated rings. The SMILES string of the molecule is CCCCCCCOc1ccc(C(=O)NNC(=O)COc2ccc(C)cc2Br)cc1. The van der Waals surface area contributed by atoms with Crippen LogP contribution in [-0.4, -0.2) is 25.0 Å². The summed E-state index contributed by atoms with van der Waals surface area (Å²) in [6.45, 7) is 4.61. The molecule has 0 aromatic heterocycles. The fraction of sp³-hybridized carbons (Fsp3) is 0.391. The highest BCUT2D eigenvalue weighted by atomic mass is 79.9. The maximum Gasteiger partial charge on any atom is 0.276 e. The molecule has 7 heteroatoms. The van der Waals surface area contributed by atoms with E-state index in [1.807, 2.05) is 19.1 Å². The Morgan fingerprint density at radius 2 is 1.67 bits per heavy atom. The molecule has 2 aromatic rings. The summed E-state index contributed by atoms with van der Waals surface area (Å²) in [4.78, 5) is 24.1. The van der Waals surface area contributed by atoms with Crippen LogP contribution in [-0.2, 0) is 4.79 Å². The number of carbonyl (C=O) groups excluding carboxylic acids is 2. The topological polar surface area (TPSA) is 76.7 Å². The molecule has 162 valence electrons. The molecule has 0 aliphatic rings. The maximum atomic E-state index is 12.2. The van der Waals surface area contributed by atoms with Crippen molar-refractivity contribution in [3.63, 3.8) is 0 Å². The number of benzene rings is 2. The summed E-state index contributed by atoms with van der Waals surface area (Å²) in [5.74, 6) is 0.413. The number of rotatable bonds is 11. The molecule has 0 unspecified atom stereocenters. The number of hydrazine groups is 1. The highest BCUT2D eigenvalue weighted by Crippen LogP contribution is 2.25. The van der Waals surface area contributed by atoms with Gasteiger partial charge in [-0.15, -0.1) is 0 Å². The number of nitrogens with one attached hydrogen (secondary N) is 2. The molecule has 2 N–H and O–H groups in total. The van der Waals surface area contributed by atoms with Gasteiger partial charge in [-0.1, -0.05) is 38.7 Å². The highest BCUT2D eigenvalue weighted by Gasteiger charge is 2.09. The lowest BCUT2D eigenvalue weighted by atomic mass is 10.2. The molecule has 0 heterocycles.